The van der Waals surface area contributed by atoms with Crippen molar-refractivity contribution in [3.8, 4) is 23.1 Å². The average molecular weight is 415 g/mol. The third-order valence-corrected chi connectivity index (χ3v) is 4.83. The predicted molar refractivity (Wildman–Crippen MR) is 116 cm³/mol. The number of nitrogens with one attached hydrogen (secondary N) is 1. The van der Waals surface area contributed by atoms with Crippen LogP contribution >= 0.6 is 0 Å². The van der Waals surface area contributed by atoms with Gasteiger partial charge in [0.2, 0.25) is 0 Å². The molecule has 0 saturated heterocycles. The van der Waals surface area contributed by atoms with E-state index < -0.39 is 6.03 Å². The van der Waals surface area contributed by atoms with Crippen molar-refractivity contribution in [1.82, 2.24) is 4.98 Å². The third-order valence-electron chi connectivity index (χ3n) is 4.83. The van der Waals surface area contributed by atoms with E-state index in [0.29, 0.717) is 11.4 Å². The van der Waals surface area contributed by atoms with E-state index in [0.717, 1.165) is 38.4 Å². The van der Waals surface area contributed by atoms with E-state index in [1.54, 1.807) is 12.1 Å². The number of amides is 2. The zero-order chi connectivity index (χ0) is 22.4. The molecule has 1 aromatic heterocycles. The van der Waals surface area contributed by atoms with E-state index in [9.17, 15) is 4.79 Å². The van der Waals surface area contributed by atoms with Crippen molar-refractivity contribution in [2.75, 3.05) is 12.4 Å². The zero-order valence-electron chi connectivity index (χ0n) is 17.6. The summed E-state index contributed by atoms with van der Waals surface area (Å²) in [5.41, 5.74) is 5.41. The fourth-order valence-electron chi connectivity index (χ4n) is 3.04. The highest BCUT2D eigenvalue weighted by Gasteiger charge is 2.16. The number of nitrogens with zero attached hydrogens (tertiary/aromatic N) is 4. The second-order valence-electron chi connectivity index (χ2n) is 6.96. The van der Waals surface area contributed by atoms with Gasteiger partial charge in [0.15, 0.2) is 0 Å². The number of hydrogen-bond acceptors (Lipinski definition) is 5. The second kappa shape index (κ2) is 9.50. The van der Waals surface area contributed by atoms with Crippen molar-refractivity contribution in [3.63, 3.8) is 0 Å². The zero-order valence-corrected chi connectivity index (χ0v) is 17.6. The Morgan fingerprint density at radius 2 is 1.97 bits per heavy atom. The van der Waals surface area contributed by atoms with Crippen molar-refractivity contribution < 1.29 is 14.2 Å². The summed E-state index contributed by atoms with van der Waals surface area (Å²) >= 11 is 0. The van der Waals surface area contributed by atoms with Gasteiger partial charge in [-0.05, 0) is 61.4 Å². The van der Waals surface area contributed by atoms with E-state index in [2.05, 4.69) is 21.6 Å². The smallest absolute Gasteiger partial charge is 0.459 e. The maximum absolute atomic E-state index is 12.1. The Labute approximate surface area is 180 Å². The maximum atomic E-state index is 12.1. The molecule has 156 valence electrons. The van der Waals surface area contributed by atoms with Gasteiger partial charge in [-0.1, -0.05) is 18.2 Å². The lowest BCUT2D eigenvalue weighted by atomic mass is 10.1. The average Bonchev–Trinajstić information content (AvgIpc) is 2.78. The number of ether oxygens (including phenoxy) is 1. The monoisotopic (exact) mass is 415 g/mol. The van der Waals surface area contributed by atoms with E-state index in [1.165, 1.54) is 7.05 Å². The lowest BCUT2D eigenvalue weighted by Gasteiger charge is -2.14. The molecule has 0 atom stereocenters. The minimum Gasteiger partial charge on any atom is -0.488 e. The first kappa shape index (κ1) is 21.5. The van der Waals surface area contributed by atoms with E-state index in [-0.39, 0.29) is 6.61 Å². The first-order valence-electron chi connectivity index (χ1n) is 9.58. The third kappa shape index (κ3) is 5.03. The highest BCUT2D eigenvalue weighted by Crippen LogP contribution is 2.28. The molecule has 3 N–H and O–H groups in total. The molecule has 0 bridgehead atoms. The van der Waals surface area contributed by atoms with Crippen LogP contribution in [0.25, 0.3) is 11.3 Å². The van der Waals surface area contributed by atoms with Crippen LogP contribution in [0.5, 0.6) is 5.75 Å². The normalized spacial score (nSPS) is 11.0. The molecule has 8 nitrogen and oxygen atoms in total. The van der Waals surface area contributed by atoms with Crippen LogP contribution < -0.4 is 15.9 Å². The summed E-state index contributed by atoms with van der Waals surface area (Å²) in [6, 6.07) is 18.3. The molecule has 0 unspecified atom stereocenters. The second-order valence-corrected chi connectivity index (χ2v) is 6.96. The van der Waals surface area contributed by atoms with E-state index in [1.807, 2.05) is 56.3 Å². The number of benzene rings is 2. The molecule has 3 rings (SSSR count). The van der Waals surface area contributed by atoms with Crippen molar-refractivity contribution in [3.05, 3.63) is 77.0 Å². The number of carbonyl (C=O) groups is 1. The maximum Gasteiger partial charge on any atom is 0.459 e. The molecule has 31 heavy (non-hydrogen) atoms. The van der Waals surface area contributed by atoms with Crippen LogP contribution in [0.3, 0.4) is 0 Å². The SMILES string of the molecule is Cc1cc(-c2cccc(C#N)n2)ccc1OCc1c(C)cccc1NC(=O)/[N+](C)=N\N. The summed E-state index contributed by atoms with van der Waals surface area (Å²) in [4.78, 5) is 16.5. The van der Waals surface area contributed by atoms with Gasteiger partial charge < -0.3 is 4.74 Å². The molecule has 8 heteroatoms. The molecule has 3 aromatic rings. The Balaban J connectivity index is 1.80. The molecule has 0 aliphatic carbocycles. The van der Waals surface area contributed by atoms with Gasteiger partial charge in [-0.15, -0.1) is 4.70 Å². The Hall–Kier alpha value is -4.25. The van der Waals surface area contributed by atoms with Crippen LogP contribution in [-0.4, -0.2) is 22.8 Å². The molecule has 0 spiro atoms. The van der Waals surface area contributed by atoms with Gasteiger partial charge >= 0.3 is 6.03 Å². The summed E-state index contributed by atoms with van der Waals surface area (Å²) in [6.45, 7) is 4.18. The van der Waals surface area contributed by atoms with Gasteiger partial charge in [0, 0.05) is 16.4 Å². The minimum absolute atomic E-state index is 0.272. The van der Waals surface area contributed by atoms with Crippen LogP contribution in [0.15, 0.2) is 59.8 Å². The number of pyridine rings is 1. The van der Waals surface area contributed by atoms with Crippen LogP contribution in [0.2, 0.25) is 0 Å². The number of hydrogen-bond donors (Lipinski definition) is 2. The highest BCUT2D eigenvalue weighted by atomic mass is 16.5. The van der Waals surface area contributed by atoms with Gasteiger partial charge in [0.1, 0.15) is 29.8 Å². The van der Waals surface area contributed by atoms with Crippen LogP contribution in [-0.2, 0) is 6.61 Å². The number of aromatic nitrogens is 1. The van der Waals surface area contributed by atoms with E-state index >= 15 is 0 Å². The van der Waals surface area contributed by atoms with Crippen LogP contribution in [0.4, 0.5) is 10.5 Å². The predicted octanol–water partition coefficient (Wildman–Crippen LogP) is 4.32. The Morgan fingerprint density at radius 3 is 2.68 bits per heavy atom. The van der Waals surface area contributed by atoms with Crippen molar-refractivity contribution in [2.45, 2.75) is 20.5 Å². The lowest BCUT2D eigenvalue weighted by Crippen LogP contribution is -2.23. The van der Waals surface area contributed by atoms with Gasteiger partial charge in [0.25, 0.3) is 0 Å². The molecular formula is C23H23N6O2+. The highest BCUT2D eigenvalue weighted by molar-refractivity contribution is 5.84. The molecule has 1 heterocycles. The molecule has 0 aliphatic heterocycles. The summed E-state index contributed by atoms with van der Waals surface area (Å²) < 4.78 is 7.08. The van der Waals surface area contributed by atoms with Gasteiger partial charge in [-0.3, -0.25) is 0 Å². The molecule has 2 aromatic carbocycles. The summed E-state index contributed by atoms with van der Waals surface area (Å²) in [7, 11) is 1.47. The number of urea groups is 1. The standard InChI is InChI=1S/C23H22N6O2/c1-15-6-4-9-21(27-23(30)29(3)28-25)19(15)14-31-22-11-10-17(12-16(22)2)20-8-5-7-18(13-24)26-20/h4-12,25H,14H2,1-3H3,(H,27,30)/p+1. The first-order valence-corrected chi connectivity index (χ1v) is 9.58. The topological polar surface area (TPSA) is 116 Å². The largest absolute Gasteiger partial charge is 0.488 e. The van der Waals surface area contributed by atoms with Crippen LogP contribution in [0, 0.1) is 25.2 Å². The number of nitriles is 1. The summed E-state index contributed by atoms with van der Waals surface area (Å²) in [5, 5.41) is 15.2. The molecule has 2 amide bonds. The number of anilines is 1. The van der Waals surface area contributed by atoms with Crippen LogP contribution in [0.1, 0.15) is 22.4 Å². The fraction of sp³-hybridized carbons (Fsp3) is 0.174. The lowest BCUT2D eigenvalue weighted by molar-refractivity contribution is -0.466. The summed E-state index contributed by atoms with van der Waals surface area (Å²) in [5.74, 6) is 5.88. The fourth-order valence-corrected chi connectivity index (χ4v) is 3.04. The molecule has 0 radical (unpaired) electrons. The quantitative estimate of drug-likeness (QED) is 0.279. The molecule has 0 saturated carbocycles. The number of aryl methyl sites for hydroxylation is 2. The molecule has 0 aliphatic rings. The Morgan fingerprint density at radius 1 is 1.19 bits per heavy atom. The van der Waals surface area contributed by atoms with Crippen molar-refractivity contribution in [2.24, 2.45) is 11.1 Å². The number of carbonyl (C=O) groups excluding carboxylic acids is 1. The van der Waals surface area contributed by atoms with Gasteiger partial charge in [0.05, 0.1) is 12.7 Å². The first-order chi connectivity index (χ1) is 14.9. The summed E-state index contributed by atoms with van der Waals surface area (Å²) in [6.07, 6.45) is 0. The Bertz CT molecular complexity index is 1200. The Kier molecular flexibility index (Phi) is 6.58. The molecular weight excluding hydrogens is 392 g/mol. The van der Waals surface area contributed by atoms with E-state index in [4.69, 9.17) is 15.8 Å². The van der Waals surface area contributed by atoms with Gasteiger partial charge in [-0.2, -0.15) is 5.26 Å². The molecule has 0 fully saturated rings. The van der Waals surface area contributed by atoms with Gasteiger partial charge in [-0.25, -0.2) is 20.9 Å². The number of rotatable bonds is 5. The minimum atomic E-state index is -0.443. The van der Waals surface area contributed by atoms with Crippen molar-refractivity contribution in [1.29, 1.82) is 5.26 Å². The van der Waals surface area contributed by atoms with Crippen molar-refractivity contribution >= 4 is 11.7 Å². The number of nitrogens with two attached hydrogens (primary N) is 1.